The van der Waals surface area contributed by atoms with Gasteiger partial charge in [0.1, 0.15) is 0 Å². The Morgan fingerprint density at radius 2 is 1.80 bits per heavy atom. The van der Waals surface area contributed by atoms with Gasteiger partial charge < -0.3 is 4.90 Å². The molecule has 4 nitrogen and oxygen atoms in total. The molecule has 0 spiro atoms. The lowest BCUT2D eigenvalue weighted by atomic mass is 9.94. The van der Waals surface area contributed by atoms with Crippen molar-refractivity contribution in [1.82, 2.24) is 4.90 Å². The molecule has 0 bridgehead atoms. The van der Waals surface area contributed by atoms with E-state index in [0.29, 0.717) is 12.6 Å². The van der Waals surface area contributed by atoms with Crippen molar-refractivity contribution < 1.29 is 13.2 Å². The fourth-order valence-electron chi connectivity index (χ4n) is 3.01. The van der Waals surface area contributed by atoms with Gasteiger partial charge in [0.25, 0.3) is 0 Å². The molecule has 0 aromatic carbocycles. The minimum atomic E-state index is -3.10. The van der Waals surface area contributed by atoms with Gasteiger partial charge >= 0.3 is 0 Å². The third kappa shape index (κ3) is 5.81. The first-order chi connectivity index (χ1) is 9.35. The molecule has 0 aromatic rings. The number of carbonyl (C=O) groups is 1. The summed E-state index contributed by atoms with van der Waals surface area (Å²) in [5.74, 6) is 0.297. The molecule has 1 amide bonds. The smallest absolute Gasteiger partial charge is 0.223 e. The van der Waals surface area contributed by atoms with E-state index >= 15 is 0 Å². The number of amides is 1. The lowest BCUT2D eigenvalue weighted by Crippen LogP contribution is -2.42. The van der Waals surface area contributed by atoms with Crippen molar-refractivity contribution in [1.29, 1.82) is 0 Å². The number of hydrogen-bond donors (Lipinski definition) is 0. The molecule has 118 valence electrons. The van der Waals surface area contributed by atoms with E-state index in [1.165, 1.54) is 19.3 Å². The van der Waals surface area contributed by atoms with Crippen molar-refractivity contribution in [3.05, 3.63) is 0 Å². The van der Waals surface area contributed by atoms with Gasteiger partial charge in [-0.1, -0.05) is 33.1 Å². The summed E-state index contributed by atoms with van der Waals surface area (Å²) in [6.45, 7) is 6.45. The third-order valence-corrected chi connectivity index (χ3v) is 5.89. The highest BCUT2D eigenvalue weighted by Crippen LogP contribution is 2.23. The van der Waals surface area contributed by atoms with Crippen LogP contribution in [-0.4, -0.2) is 43.3 Å². The van der Waals surface area contributed by atoms with Crippen LogP contribution in [0.5, 0.6) is 0 Å². The Labute approximate surface area is 123 Å². The summed E-state index contributed by atoms with van der Waals surface area (Å²) in [6, 6.07) is 0.328. The number of sulfone groups is 1. The molecule has 20 heavy (non-hydrogen) atoms. The second-order valence-electron chi connectivity index (χ2n) is 6.23. The van der Waals surface area contributed by atoms with E-state index in [1.807, 2.05) is 25.7 Å². The van der Waals surface area contributed by atoms with E-state index in [-0.39, 0.29) is 29.8 Å². The molecule has 1 rings (SSSR count). The van der Waals surface area contributed by atoms with Crippen LogP contribution in [0.3, 0.4) is 0 Å². The SMILES string of the molecule is CCN(C(=O)CCS(=O)(=O)CC(C)C)C1CCCCC1. The number of hydrogen-bond acceptors (Lipinski definition) is 3. The summed E-state index contributed by atoms with van der Waals surface area (Å²) in [5.41, 5.74) is 0. The van der Waals surface area contributed by atoms with Gasteiger partial charge in [0.2, 0.25) is 5.91 Å². The Morgan fingerprint density at radius 1 is 1.20 bits per heavy atom. The molecular formula is C15H29NO3S. The summed E-state index contributed by atoms with van der Waals surface area (Å²) >= 11 is 0. The average Bonchev–Trinajstić information content (AvgIpc) is 2.37. The summed E-state index contributed by atoms with van der Waals surface area (Å²) < 4.78 is 23.7. The van der Waals surface area contributed by atoms with Gasteiger partial charge in [0.15, 0.2) is 9.84 Å². The molecule has 0 aliphatic heterocycles. The van der Waals surface area contributed by atoms with Gasteiger partial charge in [-0.25, -0.2) is 8.42 Å². The summed E-state index contributed by atoms with van der Waals surface area (Å²) in [5, 5.41) is 0. The zero-order chi connectivity index (χ0) is 15.2. The Morgan fingerprint density at radius 3 is 2.30 bits per heavy atom. The Balaban J connectivity index is 2.51. The fourth-order valence-corrected chi connectivity index (χ4v) is 4.68. The molecule has 1 saturated carbocycles. The molecule has 1 aliphatic carbocycles. The van der Waals surface area contributed by atoms with E-state index in [2.05, 4.69) is 0 Å². The molecule has 0 aromatic heterocycles. The standard InChI is InChI=1S/C15H29NO3S/c1-4-16(14-8-6-5-7-9-14)15(17)10-11-20(18,19)12-13(2)3/h13-14H,4-12H2,1-3H3. The predicted molar refractivity (Wildman–Crippen MR) is 82.4 cm³/mol. The Bertz CT molecular complexity index is 397. The lowest BCUT2D eigenvalue weighted by Gasteiger charge is -2.33. The predicted octanol–water partition coefficient (Wildman–Crippen LogP) is 2.63. The number of carbonyl (C=O) groups excluding carboxylic acids is 1. The van der Waals surface area contributed by atoms with Crippen molar-refractivity contribution in [3.8, 4) is 0 Å². The van der Waals surface area contributed by atoms with Gasteiger partial charge in [-0.2, -0.15) is 0 Å². The molecule has 0 unspecified atom stereocenters. The molecule has 0 N–H and O–H groups in total. The number of nitrogens with zero attached hydrogens (tertiary/aromatic N) is 1. The van der Waals surface area contributed by atoms with Gasteiger partial charge in [-0.05, 0) is 25.7 Å². The molecular weight excluding hydrogens is 274 g/mol. The van der Waals surface area contributed by atoms with E-state index in [4.69, 9.17) is 0 Å². The van der Waals surface area contributed by atoms with Crippen LogP contribution in [0.4, 0.5) is 0 Å². The number of rotatable bonds is 7. The quantitative estimate of drug-likeness (QED) is 0.726. The zero-order valence-corrected chi connectivity index (χ0v) is 13.9. The minimum absolute atomic E-state index is 0.00623. The third-order valence-electron chi connectivity index (χ3n) is 3.89. The van der Waals surface area contributed by atoms with Crippen molar-refractivity contribution in [3.63, 3.8) is 0 Å². The molecule has 0 saturated heterocycles. The fraction of sp³-hybridized carbons (Fsp3) is 0.933. The maximum atomic E-state index is 12.3. The molecule has 0 atom stereocenters. The molecule has 1 aliphatic rings. The van der Waals surface area contributed by atoms with Crippen LogP contribution in [0.25, 0.3) is 0 Å². The highest BCUT2D eigenvalue weighted by molar-refractivity contribution is 7.91. The normalized spacial score (nSPS) is 17.4. The van der Waals surface area contributed by atoms with Crippen LogP contribution in [0, 0.1) is 5.92 Å². The van der Waals surface area contributed by atoms with Gasteiger partial charge in [0.05, 0.1) is 11.5 Å². The van der Waals surface area contributed by atoms with Crippen LogP contribution >= 0.6 is 0 Å². The van der Waals surface area contributed by atoms with E-state index in [9.17, 15) is 13.2 Å². The van der Waals surface area contributed by atoms with Crippen molar-refractivity contribution in [2.24, 2.45) is 5.92 Å². The van der Waals surface area contributed by atoms with Crippen molar-refractivity contribution in [2.45, 2.75) is 65.3 Å². The second-order valence-corrected chi connectivity index (χ2v) is 8.46. The molecule has 0 heterocycles. The van der Waals surface area contributed by atoms with Crippen LogP contribution < -0.4 is 0 Å². The highest BCUT2D eigenvalue weighted by atomic mass is 32.2. The van der Waals surface area contributed by atoms with Gasteiger partial charge in [-0.15, -0.1) is 0 Å². The topological polar surface area (TPSA) is 54.5 Å². The highest BCUT2D eigenvalue weighted by Gasteiger charge is 2.25. The van der Waals surface area contributed by atoms with Crippen LogP contribution in [0.2, 0.25) is 0 Å². The first-order valence-electron chi connectivity index (χ1n) is 7.85. The van der Waals surface area contributed by atoms with Gasteiger partial charge in [0, 0.05) is 19.0 Å². The largest absolute Gasteiger partial charge is 0.340 e. The monoisotopic (exact) mass is 303 g/mol. The van der Waals surface area contributed by atoms with E-state index in [0.717, 1.165) is 12.8 Å². The zero-order valence-electron chi connectivity index (χ0n) is 13.1. The van der Waals surface area contributed by atoms with E-state index in [1.54, 1.807) is 0 Å². The summed E-state index contributed by atoms with van der Waals surface area (Å²) in [4.78, 5) is 14.2. The van der Waals surface area contributed by atoms with Crippen LogP contribution in [0.1, 0.15) is 59.3 Å². The first kappa shape index (κ1) is 17.5. The van der Waals surface area contributed by atoms with Crippen LogP contribution in [0.15, 0.2) is 0 Å². The molecule has 0 radical (unpaired) electrons. The Hall–Kier alpha value is -0.580. The maximum absolute atomic E-state index is 12.3. The minimum Gasteiger partial charge on any atom is -0.340 e. The first-order valence-corrected chi connectivity index (χ1v) is 9.67. The van der Waals surface area contributed by atoms with Crippen molar-refractivity contribution in [2.75, 3.05) is 18.1 Å². The average molecular weight is 303 g/mol. The van der Waals surface area contributed by atoms with Crippen molar-refractivity contribution >= 4 is 15.7 Å². The summed E-state index contributed by atoms with van der Waals surface area (Å²) in [6.07, 6.45) is 5.89. The van der Waals surface area contributed by atoms with Crippen LogP contribution in [-0.2, 0) is 14.6 Å². The molecule has 1 fully saturated rings. The Kier molecular flexibility index (Phi) is 7.00. The van der Waals surface area contributed by atoms with Gasteiger partial charge in [-0.3, -0.25) is 4.79 Å². The molecule has 5 heteroatoms. The second kappa shape index (κ2) is 8.01. The maximum Gasteiger partial charge on any atom is 0.223 e. The lowest BCUT2D eigenvalue weighted by molar-refractivity contribution is -0.133. The summed E-state index contributed by atoms with van der Waals surface area (Å²) in [7, 11) is -3.10. The van der Waals surface area contributed by atoms with E-state index < -0.39 is 9.84 Å².